The Morgan fingerprint density at radius 2 is 1.62 bits per heavy atom. The van der Waals surface area contributed by atoms with E-state index in [2.05, 4.69) is 0 Å². The molecule has 1 rings (SSSR count). The van der Waals surface area contributed by atoms with Gasteiger partial charge in [0.05, 0.1) is 5.56 Å². The number of aromatic nitrogens is 1. The van der Waals surface area contributed by atoms with Crippen molar-refractivity contribution in [1.82, 2.24) is 9.47 Å². The smallest absolute Gasteiger partial charge is 0.308 e. The second-order valence-electron chi connectivity index (χ2n) is 4.82. The Morgan fingerprint density at radius 1 is 1.10 bits per heavy atom. The summed E-state index contributed by atoms with van der Waals surface area (Å²) in [6, 6.07) is -0.00755. The Bertz CT molecular complexity index is 571. The van der Waals surface area contributed by atoms with Crippen LogP contribution in [-0.4, -0.2) is 30.1 Å². The standard InChI is InChI=1S/C12H14F6N2O/c1-7-8(11(13,14)15)6-9(12(16,17)18)20(10(7)21)5-4-19(2)3/h6H,4-5H2,1-3H3. The van der Waals surface area contributed by atoms with Gasteiger partial charge in [0.15, 0.2) is 0 Å². The minimum atomic E-state index is -5.04. The number of hydrogen-bond acceptors (Lipinski definition) is 2. The third-order valence-corrected chi connectivity index (χ3v) is 2.91. The molecule has 0 atom stereocenters. The molecule has 0 radical (unpaired) electrons. The first kappa shape index (κ1) is 17.5. The molecule has 0 aliphatic heterocycles. The van der Waals surface area contributed by atoms with Gasteiger partial charge < -0.3 is 9.47 Å². The maximum atomic E-state index is 12.9. The van der Waals surface area contributed by atoms with Gasteiger partial charge >= 0.3 is 12.4 Å². The van der Waals surface area contributed by atoms with Crippen molar-refractivity contribution in [3.8, 4) is 0 Å². The molecule has 1 heterocycles. The number of likely N-dealkylation sites (N-methyl/N-ethyl adjacent to an activating group) is 1. The van der Waals surface area contributed by atoms with Crippen LogP contribution < -0.4 is 5.56 Å². The van der Waals surface area contributed by atoms with Crippen LogP contribution in [0.5, 0.6) is 0 Å². The van der Waals surface area contributed by atoms with E-state index in [4.69, 9.17) is 0 Å². The van der Waals surface area contributed by atoms with Gasteiger partial charge in [0, 0.05) is 18.7 Å². The molecule has 0 saturated heterocycles. The van der Waals surface area contributed by atoms with E-state index in [0.717, 1.165) is 6.92 Å². The van der Waals surface area contributed by atoms with Crippen molar-refractivity contribution in [1.29, 1.82) is 0 Å². The molecular formula is C12H14F6N2O. The van der Waals surface area contributed by atoms with Gasteiger partial charge in [-0.2, -0.15) is 26.3 Å². The Balaban J connectivity index is 3.57. The molecule has 0 unspecified atom stereocenters. The molecule has 0 N–H and O–H groups in total. The fraction of sp³-hybridized carbons (Fsp3) is 0.583. The summed E-state index contributed by atoms with van der Waals surface area (Å²) in [6.45, 7) is 0.616. The highest BCUT2D eigenvalue weighted by Gasteiger charge is 2.40. The first-order chi connectivity index (χ1) is 9.35. The fourth-order valence-electron chi connectivity index (χ4n) is 1.80. The lowest BCUT2D eigenvalue weighted by Gasteiger charge is -2.20. The maximum absolute atomic E-state index is 12.9. The van der Waals surface area contributed by atoms with Crippen LogP contribution >= 0.6 is 0 Å². The molecule has 0 amide bonds. The molecular weight excluding hydrogens is 302 g/mol. The molecule has 21 heavy (non-hydrogen) atoms. The Morgan fingerprint density at radius 3 is 2.00 bits per heavy atom. The van der Waals surface area contributed by atoms with Gasteiger partial charge in [-0.15, -0.1) is 0 Å². The Hall–Kier alpha value is -1.51. The largest absolute Gasteiger partial charge is 0.431 e. The zero-order chi connectivity index (χ0) is 16.6. The van der Waals surface area contributed by atoms with Gasteiger partial charge in [-0.1, -0.05) is 0 Å². The molecule has 0 aliphatic carbocycles. The first-order valence-corrected chi connectivity index (χ1v) is 5.89. The lowest BCUT2D eigenvalue weighted by Crippen LogP contribution is -2.35. The van der Waals surface area contributed by atoms with Gasteiger partial charge in [0.1, 0.15) is 5.69 Å². The minimum Gasteiger partial charge on any atom is -0.308 e. The SMILES string of the molecule is Cc1c(C(F)(F)F)cc(C(F)(F)F)n(CCN(C)C)c1=O. The van der Waals surface area contributed by atoms with E-state index in [0.29, 0.717) is 4.57 Å². The van der Waals surface area contributed by atoms with Crippen LogP contribution in [0.25, 0.3) is 0 Å². The summed E-state index contributed by atoms with van der Waals surface area (Å²) in [5.74, 6) is 0. The molecule has 0 aliphatic rings. The third-order valence-electron chi connectivity index (χ3n) is 2.91. The normalized spacial score (nSPS) is 13.0. The highest BCUT2D eigenvalue weighted by molar-refractivity contribution is 5.30. The number of rotatable bonds is 3. The number of halogens is 6. The van der Waals surface area contributed by atoms with Crippen molar-refractivity contribution in [2.24, 2.45) is 0 Å². The summed E-state index contributed by atoms with van der Waals surface area (Å²) >= 11 is 0. The van der Waals surface area contributed by atoms with Crippen molar-refractivity contribution in [2.75, 3.05) is 20.6 Å². The van der Waals surface area contributed by atoms with E-state index in [1.54, 1.807) is 14.1 Å². The summed E-state index contributed by atoms with van der Waals surface area (Å²) < 4.78 is 77.2. The maximum Gasteiger partial charge on any atom is 0.431 e. The van der Waals surface area contributed by atoms with Gasteiger partial charge in [-0.3, -0.25) is 4.79 Å². The predicted molar refractivity (Wildman–Crippen MR) is 64.0 cm³/mol. The van der Waals surface area contributed by atoms with Crippen molar-refractivity contribution in [2.45, 2.75) is 25.8 Å². The van der Waals surface area contributed by atoms with Crippen molar-refractivity contribution < 1.29 is 26.3 Å². The molecule has 0 fully saturated rings. The van der Waals surface area contributed by atoms with E-state index in [1.165, 1.54) is 4.90 Å². The minimum absolute atomic E-state index is 0.00755. The summed E-state index contributed by atoms with van der Waals surface area (Å²) in [4.78, 5) is 13.4. The van der Waals surface area contributed by atoms with Crippen LogP contribution in [0.3, 0.4) is 0 Å². The average Bonchev–Trinajstić information content (AvgIpc) is 2.27. The third kappa shape index (κ3) is 3.99. The van der Waals surface area contributed by atoms with Gasteiger partial charge in [-0.25, -0.2) is 0 Å². The zero-order valence-electron chi connectivity index (χ0n) is 11.6. The van der Waals surface area contributed by atoms with Crippen molar-refractivity contribution >= 4 is 0 Å². The second kappa shape index (κ2) is 5.70. The highest BCUT2D eigenvalue weighted by atomic mass is 19.4. The lowest BCUT2D eigenvalue weighted by atomic mass is 10.1. The Labute approximate surface area is 116 Å². The molecule has 0 saturated carbocycles. The summed E-state index contributed by atoms with van der Waals surface area (Å²) in [7, 11) is 3.16. The zero-order valence-corrected chi connectivity index (χ0v) is 11.6. The number of pyridine rings is 1. The van der Waals surface area contributed by atoms with Gasteiger partial charge in [0.2, 0.25) is 0 Å². The van der Waals surface area contributed by atoms with Crippen molar-refractivity contribution in [3.05, 3.63) is 33.2 Å². The van der Waals surface area contributed by atoms with Gasteiger partial charge in [0.25, 0.3) is 5.56 Å². The average molecular weight is 316 g/mol. The van der Waals surface area contributed by atoms with Crippen molar-refractivity contribution in [3.63, 3.8) is 0 Å². The second-order valence-corrected chi connectivity index (χ2v) is 4.82. The topological polar surface area (TPSA) is 25.2 Å². The summed E-state index contributed by atoms with van der Waals surface area (Å²) in [5, 5.41) is 0. The van der Waals surface area contributed by atoms with Crippen LogP contribution in [0.15, 0.2) is 10.9 Å². The Kier molecular flexibility index (Phi) is 4.76. The van der Waals surface area contributed by atoms with E-state index < -0.39 is 34.7 Å². The molecule has 0 bridgehead atoms. The summed E-state index contributed by atoms with van der Waals surface area (Å²) in [5.41, 5.74) is -5.17. The van der Waals surface area contributed by atoms with Crippen LogP contribution in [0.1, 0.15) is 16.8 Å². The lowest BCUT2D eigenvalue weighted by molar-refractivity contribution is -0.148. The molecule has 0 spiro atoms. The van der Waals surface area contributed by atoms with E-state index in [1.807, 2.05) is 0 Å². The molecule has 0 aromatic carbocycles. The van der Waals surface area contributed by atoms with Crippen LogP contribution in [-0.2, 0) is 18.9 Å². The summed E-state index contributed by atoms with van der Waals surface area (Å²) in [6.07, 6.45) is -10.1. The van der Waals surface area contributed by atoms with Crippen LogP contribution in [0.2, 0.25) is 0 Å². The van der Waals surface area contributed by atoms with Crippen LogP contribution in [0, 0.1) is 6.92 Å². The molecule has 1 aromatic rings. The van der Waals surface area contributed by atoms with Crippen LogP contribution in [0.4, 0.5) is 26.3 Å². The molecule has 3 nitrogen and oxygen atoms in total. The molecule has 1 aromatic heterocycles. The molecule has 120 valence electrons. The number of alkyl halides is 6. The van der Waals surface area contributed by atoms with E-state index in [-0.39, 0.29) is 19.2 Å². The van der Waals surface area contributed by atoms with Gasteiger partial charge in [-0.05, 0) is 27.1 Å². The monoisotopic (exact) mass is 316 g/mol. The number of hydrogen-bond donors (Lipinski definition) is 0. The highest BCUT2D eigenvalue weighted by Crippen LogP contribution is 2.35. The van der Waals surface area contributed by atoms with E-state index in [9.17, 15) is 31.1 Å². The molecule has 9 heteroatoms. The first-order valence-electron chi connectivity index (χ1n) is 5.89. The predicted octanol–water partition coefficient (Wildman–Crippen LogP) is 2.76. The fourth-order valence-corrected chi connectivity index (χ4v) is 1.80. The number of nitrogens with zero attached hydrogens (tertiary/aromatic N) is 2. The van der Waals surface area contributed by atoms with E-state index >= 15 is 0 Å². The quantitative estimate of drug-likeness (QED) is 0.801.